The Morgan fingerprint density at radius 2 is 2.45 bits per heavy atom. The number of nitrogens with one attached hydrogen (secondary N) is 1. The van der Waals surface area contributed by atoms with Crippen LogP contribution in [0.4, 0.5) is 0 Å². The second kappa shape index (κ2) is 8.24. The van der Waals surface area contributed by atoms with Gasteiger partial charge in [-0.2, -0.15) is 0 Å². The average Bonchev–Trinajstić information content (AvgIpc) is 3.02. The molecule has 0 aromatic carbocycles. The number of amides is 1. The largest absolute Gasteiger partial charge is 0.383 e. The number of hydrogen-bond acceptors (Lipinski definition) is 5. The molecule has 1 aliphatic rings. The number of rotatable bonds is 6. The molecule has 1 atom stereocenters. The molecule has 1 aliphatic heterocycles. The van der Waals surface area contributed by atoms with E-state index in [9.17, 15) is 4.79 Å². The van der Waals surface area contributed by atoms with E-state index in [1.807, 2.05) is 17.9 Å². The van der Waals surface area contributed by atoms with Gasteiger partial charge in [-0.3, -0.25) is 4.79 Å². The van der Waals surface area contributed by atoms with Crippen LogP contribution in [0.2, 0.25) is 0 Å². The Morgan fingerprint density at radius 1 is 1.65 bits per heavy atom. The van der Waals surface area contributed by atoms with E-state index in [2.05, 4.69) is 10.5 Å². The lowest BCUT2D eigenvalue weighted by molar-refractivity contribution is -0.131. The average molecular weight is 304 g/mol. The minimum atomic E-state index is 0. The maximum atomic E-state index is 12.2. The van der Waals surface area contributed by atoms with Crippen LogP contribution in [0.5, 0.6) is 0 Å². The Morgan fingerprint density at radius 3 is 3.10 bits per heavy atom. The van der Waals surface area contributed by atoms with Crippen molar-refractivity contribution in [3.8, 4) is 0 Å². The SMILES string of the molecule is COCCNCC(=O)N1CCCC1c1cc(C)no1.Cl. The van der Waals surface area contributed by atoms with Gasteiger partial charge in [-0.15, -0.1) is 12.4 Å². The Balaban J connectivity index is 0.00000200. The van der Waals surface area contributed by atoms with Gasteiger partial charge in [0, 0.05) is 26.3 Å². The third-order valence-corrected chi connectivity index (χ3v) is 3.31. The summed E-state index contributed by atoms with van der Waals surface area (Å²) in [5.74, 6) is 0.896. The van der Waals surface area contributed by atoms with Crippen molar-refractivity contribution in [1.82, 2.24) is 15.4 Å². The van der Waals surface area contributed by atoms with Gasteiger partial charge >= 0.3 is 0 Å². The molecule has 6 nitrogen and oxygen atoms in total. The number of likely N-dealkylation sites (tertiary alicyclic amines) is 1. The summed E-state index contributed by atoms with van der Waals surface area (Å²) in [4.78, 5) is 14.0. The third-order valence-electron chi connectivity index (χ3n) is 3.31. The zero-order valence-electron chi connectivity index (χ0n) is 11.9. The van der Waals surface area contributed by atoms with E-state index >= 15 is 0 Å². The summed E-state index contributed by atoms with van der Waals surface area (Å²) in [6, 6.07) is 1.95. The Bertz CT molecular complexity index is 425. The number of ether oxygens (including phenoxy) is 1. The molecule has 0 bridgehead atoms. The van der Waals surface area contributed by atoms with Crippen LogP contribution in [0, 0.1) is 6.92 Å². The monoisotopic (exact) mass is 303 g/mol. The van der Waals surface area contributed by atoms with Crippen molar-refractivity contribution < 1.29 is 14.1 Å². The molecule has 1 aromatic heterocycles. The van der Waals surface area contributed by atoms with Crippen LogP contribution in [-0.4, -0.2) is 49.3 Å². The highest BCUT2D eigenvalue weighted by atomic mass is 35.5. The fourth-order valence-corrected chi connectivity index (χ4v) is 2.37. The minimum Gasteiger partial charge on any atom is -0.383 e. The summed E-state index contributed by atoms with van der Waals surface area (Å²) in [7, 11) is 1.65. The normalized spacial score (nSPS) is 18.1. The van der Waals surface area contributed by atoms with Gasteiger partial charge in [0.2, 0.25) is 5.91 Å². The molecule has 1 N–H and O–H groups in total. The van der Waals surface area contributed by atoms with E-state index in [1.54, 1.807) is 7.11 Å². The molecule has 1 saturated heterocycles. The molecule has 1 fully saturated rings. The molecule has 0 saturated carbocycles. The summed E-state index contributed by atoms with van der Waals surface area (Å²) in [5, 5.41) is 6.97. The lowest BCUT2D eigenvalue weighted by atomic mass is 10.1. The Kier molecular flexibility index (Phi) is 6.98. The standard InChI is InChI=1S/C13H21N3O3.ClH/c1-10-8-12(19-15-10)11-4-3-6-16(11)13(17)9-14-5-7-18-2;/h8,11,14H,3-7,9H2,1-2H3;1H. The number of aromatic nitrogens is 1. The molecule has 2 rings (SSSR count). The summed E-state index contributed by atoms with van der Waals surface area (Å²) in [6.45, 7) is 4.31. The fourth-order valence-electron chi connectivity index (χ4n) is 2.37. The molecule has 1 amide bonds. The van der Waals surface area contributed by atoms with Crippen molar-refractivity contribution in [2.75, 3.05) is 33.4 Å². The number of carbonyl (C=O) groups is 1. The molecule has 0 radical (unpaired) electrons. The zero-order valence-corrected chi connectivity index (χ0v) is 12.7. The molecule has 7 heteroatoms. The predicted molar refractivity (Wildman–Crippen MR) is 76.9 cm³/mol. The van der Waals surface area contributed by atoms with E-state index in [0.29, 0.717) is 19.7 Å². The van der Waals surface area contributed by atoms with Crippen LogP contribution in [0.15, 0.2) is 10.6 Å². The number of hydrogen-bond donors (Lipinski definition) is 1. The van der Waals surface area contributed by atoms with Gasteiger partial charge in [-0.1, -0.05) is 5.16 Å². The molecule has 114 valence electrons. The van der Waals surface area contributed by atoms with Crippen molar-refractivity contribution in [3.05, 3.63) is 17.5 Å². The number of methoxy groups -OCH3 is 1. The first kappa shape index (κ1) is 16.9. The van der Waals surface area contributed by atoms with Crippen LogP contribution < -0.4 is 5.32 Å². The Labute approximate surface area is 125 Å². The lowest BCUT2D eigenvalue weighted by Crippen LogP contribution is -2.38. The van der Waals surface area contributed by atoms with Crippen LogP contribution in [0.25, 0.3) is 0 Å². The molecule has 0 aliphatic carbocycles. The van der Waals surface area contributed by atoms with E-state index < -0.39 is 0 Å². The van der Waals surface area contributed by atoms with Gasteiger partial charge < -0.3 is 19.5 Å². The van der Waals surface area contributed by atoms with Crippen molar-refractivity contribution in [2.45, 2.75) is 25.8 Å². The third kappa shape index (κ3) is 4.19. The van der Waals surface area contributed by atoms with Crippen molar-refractivity contribution in [2.24, 2.45) is 0 Å². The van der Waals surface area contributed by atoms with Crippen LogP contribution in [-0.2, 0) is 9.53 Å². The van der Waals surface area contributed by atoms with Gasteiger partial charge in [0.05, 0.1) is 24.9 Å². The van der Waals surface area contributed by atoms with Gasteiger partial charge in [0.1, 0.15) is 0 Å². The topological polar surface area (TPSA) is 67.6 Å². The molecule has 0 spiro atoms. The highest BCUT2D eigenvalue weighted by Crippen LogP contribution is 2.32. The van der Waals surface area contributed by atoms with E-state index in [4.69, 9.17) is 9.26 Å². The van der Waals surface area contributed by atoms with E-state index in [1.165, 1.54) is 0 Å². The number of nitrogens with zero attached hydrogens (tertiary/aromatic N) is 2. The van der Waals surface area contributed by atoms with Crippen molar-refractivity contribution in [3.63, 3.8) is 0 Å². The predicted octanol–water partition coefficient (Wildman–Crippen LogP) is 1.30. The van der Waals surface area contributed by atoms with Crippen LogP contribution in [0.1, 0.15) is 30.3 Å². The maximum Gasteiger partial charge on any atom is 0.237 e. The highest BCUT2D eigenvalue weighted by molar-refractivity contribution is 5.85. The molecule has 2 heterocycles. The van der Waals surface area contributed by atoms with Gasteiger partial charge in [0.25, 0.3) is 0 Å². The Hall–Kier alpha value is -1.11. The second-order valence-electron chi connectivity index (χ2n) is 4.79. The maximum absolute atomic E-state index is 12.2. The number of halogens is 1. The first-order valence-electron chi connectivity index (χ1n) is 6.64. The van der Waals surface area contributed by atoms with Crippen LogP contribution >= 0.6 is 12.4 Å². The molecular weight excluding hydrogens is 282 g/mol. The second-order valence-corrected chi connectivity index (χ2v) is 4.79. The molecule has 1 aromatic rings. The fraction of sp³-hybridized carbons (Fsp3) is 0.692. The molecular formula is C13H22ClN3O3. The number of aryl methyl sites for hydroxylation is 1. The highest BCUT2D eigenvalue weighted by Gasteiger charge is 2.32. The first-order valence-corrected chi connectivity index (χ1v) is 6.64. The zero-order chi connectivity index (χ0) is 13.7. The summed E-state index contributed by atoms with van der Waals surface area (Å²) >= 11 is 0. The first-order chi connectivity index (χ1) is 9.22. The summed E-state index contributed by atoms with van der Waals surface area (Å²) in [5.41, 5.74) is 0.854. The van der Waals surface area contributed by atoms with Gasteiger partial charge in [-0.25, -0.2) is 0 Å². The summed E-state index contributed by atoms with van der Waals surface area (Å²) in [6.07, 6.45) is 1.95. The summed E-state index contributed by atoms with van der Waals surface area (Å²) < 4.78 is 10.2. The number of carbonyl (C=O) groups excluding carboxylic acids is 1. The van der Waals surface area contributed by atoms with Gasteiger partial charge in [0.15, 0.2) is 5.76 Å². The van der Waals surface area contributed by atoms with Gasteiger partial charge in [-0.05, 0) is 19.8 Å². The van der Waals surface area contributed by atoms with E-state index in [-0.39, 0.29) is 24.4 Å². The van der Waals surface area contributed by atoms with Crippen molar-refractivity contribution >= 4 is 18.3 Å². The minimum absolute atomic E-state index is 0. The van der Waals surface area contributed by atoms with E-state index in [0.717, 1.165) is 30.8 Å². The van der Waals surface area contributed by atoms with Crippen LogP contribution in [0.3, 0.4) is 0 Å². The smallest absolute Gasteiger partial charge is 0.237 e. The quantitative estimate of drug-likeness (QED) is 0.803. The lowest BCUT2D eigenvalue weighted by Gasteiger charge is -2.22. The molecule has 1 unspecified atom stereocenters. The molecule has 20 heavy (non-hydrogen) atoms. The van der Waals surface area contributed by atoms with Crippen molar-refractivity contribution in [1.29, 1.82) is 0 Å².